The van der Waals surface area contributed by atoms with Crippen LogP contribution in [0.5, 0.6) is 0 Å². The Bertz CT molecular complexity index is 945. The third-order valence-corrected chi connectivity index (χ3v) is 8.05. The molecule has 0 saturated heterocycles. The normalized spacial score (nSPS) is 32.2. The summed E-state index contributed by atoms with van der Waals surface area (Å²) >= 11 is 1.57. The first-order chi connectivity index (χ1) is 16.1. The van der Waals surface area contributed by atoms with Crippen LogP contribution in [0.2, 0.25) is 0 Å². The van der Waals surface area contributed by atoms with E-state index in [1.165, 1.54) is 0 Å². The molecule has 5 atom stereocenters. The molecule has 1 aliphatic rings. The number of esters is 1. The Labute approximate surface area is 214 Å². The fourth-order valence-electron chi connectivity index (χ4n) is 4.50. The molecule has 0 fully saturated rings. The predicted octanol–water partition coefficient (Wildman–Crippen LogP) is 5.51. The van der Waals surface area contributed by atoms with E-state index in [0.29, 0.717) is 12.8 Å². The summed E-state index contributed by atoms with van der Waals surface area (Å²) in [6, 6.07) is 0. The van der Waals surface area contributed by atoms with Gasteiger partial charge in [0, 0.05) is 11.3 Å². The second kappa shape index (κ2) is 11.9. The summed E-state index contributed by atoms with van der Waals surface area (Å²) in [6.45, 7) is 15.0. The van der Waals surface area contributed by atoms with Crippen LogP contribution in [0.3, 0.4) is 0 Å². The van der Waals surface area contributed by atoms with Gasteiger partial charge in [-0.25, -0.2) is 4.98 Å². The lowest BCUT2D eigenvalue weighted by Gasteiger charge is -2.34. The van der Waals surface area contributed by atoms with Crippen molar-refractivity contribution in [3.63, 3.8) is 0 Å². The number of thiazole rings is 1. The topological polar surface area (TPSA) is 96.7 Å². The highest BCUT2D eigenvalue weighted by Gasteiger charge is 2.42. The Hall–Kier alpha value is -1.83. The predicted molar refractivity (Wildman–Crippen MR) is 141 cm³/mol. The number of ketones is 1. The summed E-state index contributed by atoms with van der Waals surface area (Å²) in [6.07, 6.45) is 5.38. The highest BCUT2D eigenvalue weighted by Crippen LogP contribution is 2.33. The van der Waals surface area contributed by atoms with Crippen LogP contribution in [0.15, 0.2) is 23.1 Å². The van der Waals surface area contributed by atoms with E-state index in [9.17, 15) is 19.8 Å². The average Bonchev–Trinajstić information content (AvgIpc) is 3.18. The number of aromatic nitrogens is 1. The van der Waals surface area contributed by atoms with Crippen molar-refractivity contribution < 1.29 is 24.5 Å². The number of ether oxygens (including phenoxy) is 1. The van der Waals surface area contributed by atoms with E-state index in [4.69, 9.17) is 4.74 Å². The number of hydrogen-bond acceptors (Lipinski definition) is 7. The number of carbonyl (C=O) groups is 2. The van der Waals surface area contributed by atoms with Crippen molar-refractivity contribution in [1.82, 2.24) is 4.98 Å². The van der Waals surface area contributed by atoms with Crippen LogP contribution in [0.1, 0.15) is 84.9 Å². The van der Waals surface area contributed by atoms with E-state index in [2.05, 4.69) is 31.0 Å². The van der Waals surface area contributed by atoms with Gasteiger partial charge < -0.3 is 14.9 Å². The molecule has 6 nitrogen and oxygen atoms in total. The van der Waals surface area contributed by atoms with Crippen LogP contribution in [-0.4, -0.2) is 45.3 Å². The molecule has 2 rings (SSSR count). The number of allylic oxidation sites excluding steroid dienone is 2. The molecule has 0 saturated carbocycles. The molecule has 196 valence electrons. The maximum absolute atomic E-state index is 13.2. The molecule has 0 aliphatic carbocycles. The molecule has 0 amide bonds. The quantitative estimate of drug-likeness (QED) is 0.406. The second-order valence-electron chi connectivity index (χ2n) is 11.4. The van der Waals surface area contributed by atoms with Crippen LogP contribution in [0, 0.1) is 29.6 Å². The molecular weight excluding hydrogens is 462 g/mol. The molecule has 35 heavy (non-hydrogen) atoms. The van der Waals surface area contributed by atoms with Crippen molar-refractivity contribution in [2.75, 3.05) is 0 Å². The summed E-state index contributed by atoms with van der Waals surface area (Å²) in [5.41, 5.74) is 0.375. The smallest absolute Gasteiger partial charge is 0.309 e. The molecule has 0 radical (unpaired) electrons. The number of cyclic esters (lactones) is 1. The molecule has 1 aliphatic heterocycles. The fourth-order valence-corrected chi connectivity index (χ4v) is 5.07. The minimum atomic E-state index is -1.22. The average molecular weight is 506 g/mol. The first-order valence-electron chi connectivity index (χ1n) is 12.5. The fraction of sp³-hybridized carbons (Fsp3) is 0.679. The Morgan fingerprint density at radius 2 is 1.86 bits per heavy atom. The molecule has 4 unspecified atom stereocenters. The van der Waals surface area contributed by atoms with E-state index < -0.39 is 35.6 Å². The highest BCUT2D eigenvalue weighted by molar-refractivity contribution is 7.09. The Balaban J connectivity index is 2.38. The summed E-state index contributed by atoms with van der Waals surface area (Å²) < 4.78 is 5.87. The van der Waals surface area contributed by atoms with Crippen LogP contribution in [0.25, 0.3) is 6.08 Å². The summed E-state index contributed by atoms with van der Waals surface area (Å²) in [5.74, 6) is -1.60. The van der Waals surface area contributed by atoms with Gasteiger partial charge in [0.25, 0.3) is 0 Å². The van der Waals surface area contributed by atoms with E-state index in [1.807, 2.05) is 32.2 Å². The Kier molecular flexibility index (Phi) is 10.0. The van der Waals surface area contributed by atoms with Crippen molar-refractivity contribution in [2.24, 2.45) is 22.7 Å². The molecule has 1 aromatic heterocycles. The van der Waals surface area contributed by atoms with Gasteiger partial charge in [-0.2, -0.15) is 0 Å². The van der Waals surface area contributed by atoms with Crippen molar-refractivity contribution in [2.45, 2.75) is 99.4 Å². The number of aryl methyl sites for hydroxylation is 1. The second-order valence-corrected chi connectivity index (χ2v) is 12.4. The van der Waals surface area contributed by atoms with Gasteiger partial charge in [-0.1, -0.05) is 53.7 Å². The van der Waals surface area contributed by atoms with E-state index in [-0.39, 0.29) is 23.5 Å². The van der Waals surface area contributed by atoms with Gasteiger partial charge >= 0.3 is 5.97 Å². The molecule has 7 heteroatoms. The lowest BCUT2D eigenvalue weighted by atomic mass is 9.73. The van der Waals surface area contributed by atoms with E-state index in [0.717, 1.165) is 22.7 Å². The lowest BCUT2D eigenvalue weighted by Crippen LogP contribution is -2.45. The third-order valence-electron chi connectivity index (χ3n) is 7.26. The zero-order chi connectivity index (χ0) is 26.6. The van der Waals surface area contributed by atoms with Crippen molar-refractivity contribution >= 4 is 29.2 Å². The van der Waals surface area contributed by atoms with E-state index in [1.54, 1.807) is 32.1 Å². The molecule has 1 aromatic rings. The summed E-state index contributed by atoms with van der Waals surface area (Å²) in [4.78, 5) is 30.6. The summed E-state index contributed by atoms with van der Waals surface area (Å²) in [7, 11) is 0. The van der Waals surface area contributed by atoms with Crippen LogP contribution < -0.4 is 0 Å². The maximum atomic E-state index is 13.2. The van der Waals surface area contributed by atoms with Gasteiger partial charge in [-0.3, -0.25) is 9.59 Å². The Morgan fingerprint density at radius 3 is 2.46 bits per heavy atom. The molecule has 2 heterocycles. The molecule has 0 bridgehead atoms. The number of hydrogen-bond donors (Lipinski definition) is 2. The molecule has 2 N–H and O–H groups in total. The SMILES string of the molecule is C/C(=C\c1csc(C)n1)C1CCC(C)(C)/C=C/CC(C)C(O)[C@@H](C)C(=O)C(C)(C)C(O)CC(=O)O1. The van der Waals surface area contributed by atoms with Gasteiger partial charge in [0.2, 0.25) is 0 Å². The van der Waals surface area contributed by atoms with Crippen molar-refractivity contribution in [3.8, 4) is 0 Å². The largest absolute Gasteiger partial charge is 0.458 e. The van der Waals surface area contributed by atoms with Gasteiger partial charge in [0.15, 0.2) is 0 Å². The molecular formula is C28H43NO5S. The highest BCUT2D eigenvalue weighted by atomic mass is 32.1. The van der Waals surface area contributed by atoms with Gasteiger partial charge in [0.1, 0.15) is 11.9 Å². The molecule has 0 spiro atoms. The number of aliphatic hydroxyl groups excluding tert-OH is 2. The van der Waals surface area contributed by atoms with Crippen molar-refractivity contribution in [1.29, 1.82) is 0 Å². The minimum absolute atomic E-state index is 0.119. The monoisotopic (exact) mass is 505 g/mol. The van der Waals surface area contributed by atoms with Crippen LogP contribution >= 0.6 is 11.3 Å². The number of rotatable bonds is 2. The van der Waals surface area contributed by atoms with Crippen LogP contribution in [0.4, 0.5) is 0 Å². The summed E-state index contributed by atoms with van der Waals surface area (Å²) in [5, 5.41) is 24.6. The maximum Gasteiger partial charge on any atom is 0.309 e. The number of carbonyl (C=O) groups excluding carboxylic acids is 2. The van der Waals surface area contributed by atoms with Crippen LogP contribution in [-0.2, 0) is 14.3 Å². The number of aliphatic hydroxyl groups is 2. The first-order valence-corrected chi connectivity index (χ1v) is 13.4. The van der Waals surface area contributed by atoms with Gasteiger partial charge in [-0.15, -0.1) is 11.3 Å². The number of nitrogens with zero attached hydrogens (tertiary/aromatic N) is 1. The third kappa shape index (κ3) is 8.09. The minimum Gasteiger partial charge on any atom is -0.458 e. The Morgan fingerprint density at radius 1 is 1.20 bits per heavy atom. The van der Waals surface area contributed by atoms with Gasteiger partial charge in [0.05, 0.1) is 34.7 Å². The zero-order valence-corrected chi connectivity index (χ0v) is 23.3. The standard InChI is InChI=1S/C28H43NO5S/c1-17-10-9-12-27(5,6)13-11-22(18(2)14-21-16-35-20(4)29-21)34-24(31)15-23(30)28(7,8)26(33)19(3)25(17)32/h9,12,14,16-17,19,22-23,25,30,32H,10-11,13,15H2,1-8H3/b12-9+,18-14+/t17?,19-,22?,23?,25?/m1/s1. The van der Waals surface area contributed by atoms with E-state index >= 15 is 0 Å². The zero-order valence-electron chi connectivity index (χ0n) is 22.5. The first kappa shape index (κ1) is 29.4. The molecule has 0 aromatic carbocycles. The number of Topliss-reactive ketones (excluding diaryl/α,β-unsaturated/α-hetero) is 1. The lowest BCUT2D eigenvalue weighted by molar-refractivity contribution is -0.154. The van der Waals surface area contributed by atoms with Crippen molar-refractivity contribution in [3.05, 3.63) is 33.8 Å². The van der Waals surface area contributed by atoms with Gasteiger partial charge in [-0.05, 0) is 56.1 Å².